The molecule has 0 unspecified atom stereocenters. The molecule has 1 amide bonds. The number of nitrogens with two attached hydrogens (primary N) is 1. The minimum absolute atomic E-state index is 0.221. The van der Waals surface area contributed by atoms with Crippen LogP contribution in [0.15, 0.2) is 55.0 Å². The average molecular weight is 264 g/mol. The summed E-state index contributed by atoms with van der Waals surface area (Å²) in [6.45, 7) is 0. The largest absolute Gasteiger partial charge is 0.384 e. The summed E-state index contributed by atoms with van der Waals surface area (Å²) >= 11 is 0. The Morgan fingerprint density at radius 3 is 2.80 bits per heavy atom. The number of fused-ring (bicyclic) bond motifs is 1. The molecule has 0 fully saturated rings. The Kier molecular flexibility index (Phi) is 3.01. The molecule has 0 spiro atoms. The first kappa shape index (κ1) is 12.1. The summed E-state index contributed by atoms with van der Waals surface area (Å²) in [4.78, 5) is 20.1. The van der Waals surface area contributed by atoms with Crippen LogP contribution < -0.4 is 11.1 Å². The standard InChI is InChI=1S/C15H12N4O/c16-14-5-4-11(9-18-14)15(20)19-13-3-1-2-10-8-17-7-6-12(10)13/h1-9H,(H2,16,18)(H,19,20). The van der Waals surface area contributed by atoms with Crippen LogP contribution in [0.25, 0.3) is 10.8 Å². The third-order valence-electron chi connectivity index (χ3n) is 2.98. The number of pyridine rings is 2. The van der Waals surface area contributed by atoms with Gasteiger partial charge < -0.3 is 11.1 Å². The van der Waals surface area contributed by atoms with Crippen molar-refractivity contribution in [3.63, 3.8) is 0 Å². The van der Waals surface area contributed by atoms with Gasteiger partial charge in [-0.05, 0) is 24.3 Å². The van der Waals surface area contributed by atoms with Crippen LogP contribution in [-0.2, 0) is 0 Å². The summed E-state index contributed by atoms with van der Waals surface area (Å²) < 4.78 is 0. The van der Waals surface area contributed by atoms with Gasteiger partial charge in [-0.15, -0.1) is 0 Å². The maximum Gasteiger partial charge on any atom is 0.257 e. The van der Waals surface area contributed by atoms with E-state index in [1.807, 2.05) is 24.3 Å². The number of rotatable bonds is 2. The highest BCUT2D eigenvalue weighted by Gasteiger charge is 2.08. The average Bonchev–Trinajstić information content (AvgIpc) is 2.48. The first-order valence-electron chi connectivity index (χ1n) is 6.10. The number of carbonyl (C=O) groups is 1. The van der Waals surface area contributed by atoms with Gasteiger partial charge >= 0.3 is 0 Å². The van der Waals surface area contributed by atoms with Gasteiger partial charge in [0.15, 0.2) is 0 Å². The zero-order chi connectivity index (χ0) is 13.9. The lowest BCUT2D eigenvalue weighted by molar-refractivity contribution is 0.102. The lowest BCUT2D eigenvalue weighted by Gasteiger charge is -2.08. The zero-order valence-corrected chi connectivity index (χ0v) is 10.6. The molecule has 98 valence electrons. The molecule has 3 aromatic rings. The Morgan fingerprint density at radius 1 is 1.10 bits per heavy atom. The molecule has 5 heteroatoms. The fraction of sp³-hybridized carbons (Fsp3) is 0. The van der Waals surface area contributed by atoms with E-state index in [2.05, 4.69) is 15.3 Å². The smallest absolute Gasteiger partial charge is 0.257 e. The lowest BCUT2D eigenvalue weighted by atomic mass is 10.1. The minimum Gasteiger partial charge on any atom is -0.384 e. The maximum atomic E-state index is 12.2. The highest BCUT2D eigenvalue weighted by molar-refractivity contribution is 6.08. The number of hydrogen-bond donors (Lipinski definition) is 2. The van der Waals surface area contributed by atoms with E-state index < -0.39 is 0 Å². The Morgan fingerprint density at radius 2 is 2.00 bits per heavy atom. The topological polar surface area (TPSA) is 80.9 Å². The number of nitrogen functional groups attached to an aromatic ring is 1. The number of benzene rings is 1. The molecule has 0 atom stereocenters. The second-order valence-electron chi connectivity index (χ2n) is 4.33. The van der Waals surface area contributed by atoms with Crippen LogP contribution in [0.3, 0.4) is 0 Å². The van der Waals surface area contributed by atoms with E-state index in [1.165, 1.54) is 6.20 Å². The fourth-order valence-electron chi connectivity index (χ4n) is 1.97. The van der Waals surface area contributed by atoms with E-state index in [-0.39, 0.29) is 5.91 Å². The second-order valence-corrected chi connectivity index (χ2v) is 4.33. The van der Waals surface area contributed by atoms with Crippen LogP contribution in [-0.4, -0.2) is 15.9 Å². The van der Waals surface area contributed by atoms with Crippen LogP contribution in [0, 0.1) is 0 Å². The molecule has 0 bridgehead atoms. The lowest BCUT2D eigenvalue weighted by Crippen LogP contribution is -2.12. The van der Waals surface area contributed by atoms with Gasteiger partial charge in [-0.1, -0.05) is 12.1 Å². The van der Waals surface area contributed by atoms with Gasteiger partial charge in [-0.3, -0.25) is 9.78 Å². The molecular weight excluding hydrogens is 252 g/mol. The summed E-state index contributed by atoms with van der Waals surface area (Å²) in [5.41, 5.74) is 6.71. The van der Waals surface area contributed by atoms with E-state index in [9.17, 15) is 4.79 Å². The number of carbonyl (C=O) groups excluding carboxylic acids is 1. The molecule has 0 saturated heterocycles. The molecule has 2 aromatic heterocycles. The van der Waals surface area contributed by atoms with Gasteiger partial charge in [0.2, 0.25) is 0 Å². The fourth-order valence-corrected chi connectivity index (χ4v) is 1.97. The summed E-state index contributed by atoms with van der Waals surface area (Å²) in [7, 11) is 0. The Bertz CT molecular complexity index is 763. The minimum atomic E-state index is -0.221. The number of nitrogens with zero attached hydrogens (tertiary/aromatic N) is 2. The Hall–Kier alpha value is -2.95. The van der Waals surface area contributed by atoms with Gasteiger partial charge in [-0.2, -0.15) is 0 Å². The van der Waals surface area contributed by atoms with Gasteiger partial charge in [0, 0.05) is 35.1 Å². The zero-order valence-electron chi connectivity index (χ0n) is 10.6. The van der Waals surface area contributed by atoms with Gasteiger partial charge in [0.25, 0.3) is 5.91 Å². The van der Waals surface area contributed by atoms with Crippen molar-refractivity contribution in [2.75, 3.05) is 11.1 Å². The van der Waals surface area contributed by atoms with Crippen molar-refractivity contribution in [3.8, 4) is 0 Å². The Labute approximate surface area is 115 Å². The number of amides is 1. The van der Waals surface area contributed by atoms with Crippen LogP contribution in [0.2, 0.25) is 0 Å². The number of nitrogens with one attached hydrogen (secondary N) is 1. The molecule has 3 rings (SSSR count). The van der Waals surface area contributed by atoms with Crippen molar-refractivity contribution in [3.05, 3.63) is 60.6 Å². The molecule has 3 N–H and O–H groups in total. The molecule has 0 aliphatic carbocycles. The van der Waals surface area contributed by atoms with Crippen molar-refractivity contribution < 1.29 is 4.79 Å². The second kappa shape index (κ2) is 4.97. The molecule has 5 nitrogen and oxygen atoms in total. The molecule has 1 aromatic carbocycles. The van der Waals surface area contributed by atoms with Gasteiger partial charge in [0.05, 0.1) is 5.56 Å². The normalized spacial score (nSPS) is 10.4. The van der Waals surface area contributed by atoms with Crippen LogP contribution >= 0.6 is 0 Å². The highest BCUT2D eigenvalue weighted by atomic mass is 16.1. The quantitative estimate of drug-likeness (QED) is 0.745. The van der Waals surface area contributed by atoms with E-state index in [4.69, 9.17) is 5.73 Å². The van der Waals surface area contributed by atoms with E-state index in [0.29, 0.717) is 11.4 Å². The number of aromatic nitrogens is 2. The summed E-state index contributed by atoms with van der Waals surface area (Å²) in [5, 5.41) is 4.79. The molecule has 0 aliphatic rings. The van der Waals surface area contributed by atoms with Crippen LogP contribution in [0.5, 0.6) is 0 Å². The molecular formula is C15H12N4O. The highest BCUT2D eigenvalue weighted by Crippen LogP contribution is 2.22. The van der Waals surface area contributed by atoms with E-state index in [1.54, 1.807) is 24.5 Å². The van der Waals surface area contributed by atoms with Gasteiger partial charge in [0.1, 0.15) is 5.82 Å². The summed E-state index contributed by atoms with van der Waals surface area (Å²) in [6.07, 6.45) is 4.91. The third-order valence-corrected chi connectivity index (χ3v) is 2.98. The maximum absolute atomic E-state index is 12.2. The van der Waals surface area contributed by atoms with Crippen LogP contribution in [0.4, 0.5) is 11.5 Å². The molecule has 0 aliphatic heterocycles. The first-order chi connectivity index (χ1) is 9.74. The van der Waals surface area contributed by atoms with Crippen molar-refractivity contribution in [2.45, 2.75) is 0 Å². The molecule has 2 heterocycles. The summed E-state index contributed by atoms with van der Waals surface area (Å²) in [5.74, 6) is 0.166. The van der Waals surface area contributed by atoms with Crippen molar-refractivity contribution in [1.82, 2.24) is 9.97 Å². The molecule has 20 heavy (non-hydrogen) atoms. The van der Waals surface area contributed by atoms with Gasteiger partial charge in [-0.25, -0.2) is 4.98 Å². The predicted molar refractivity (Wildman–Crippen MR) is 78.3 cm³/mol. The monoisotopic (exact) mass is 264 g/mol. The number of hydrogen-bond acceptors (Lipinski definition) is 4. The van der Waals surface area contributed by atoms with Crippen molar-refractivity contribution in [2.24, 2.45) is 0 Å². The van der Waals surface area contributed by atoms with Crippen LogP contribution in [0.1, 0.15) is 10.4 Å². The van der Waals surface area contributed by atoms with Crippen molar-refractivity contribution >= 4 is 28.2 Å². The molecule has 0 saturated carbocycles. The SMILES string of the molecule is Nc1ccc(C(=O)Nc2cccc3cnccc23)cn1. The van der Waals surface area contributed by atoms with E-state index in [0.717, 1.165) is 16.5 Å². The first-order valence-corrected chi connectivity index (χ1v) is 6.10. The van der Waals surface area contributed by atoms with E-state index >= 15 is 0 Å². The third kappa shape index (κ3) is 2.29. The molecule has 0 radical (unpaired) electrons. The predicted octanol–water partition coefficient (Wildman–Crippen LogP) is 2.46. The van der Waals surface area contributed by atoms with Crippen molar-refractivity contribution in [1.29, 1.82) is 0 Å². The number of anilines is 2. The summed E-state index contributed by atoms with van der Waals surface area (Å²) in [6, 6.07) is 10.8. The Balaban J connectivity index is 1.93.